The van der Waals surface area contributed by atoms with Crippen molar-refractivity contribution >= 4 is 28.3 Å². The molecule has 25 heavy (non-hydrogen) atoms. The normalized spacial score (nSPS) is 17.6. The summed E-state index contributed by atoms with van der Waals surface area (Å²) in [5.74, 6) is 3.01. The first-order valence-corrected chi connectivity index (χ1v) is 8.89. The summed E-state index contributed by atoms with van der Waals surface area (Å²) < 4.78 is 16.5. The molecule has 0 radical (unpaired) electrons. The molecule has 128 valence electrons. The fourth-order valence-corrected chi connectivity index (χ4v) is 3.35. The van der Waals surface area contributed by atoms with Crippen LogP contribution >= 0.6 is 11.8 Å². The SMILES string of the molecule is COc1ccccc1N=C1NN=C(c2ccc3c(c2)OCCO3)CS1. The molecule has 6 nitrogen and oxygen atoms in total. The Morgan fingerprint density at radius 2 is 1.96 bits per heavy atom. The Morgan fingerprint density at radius 3 is 2.76 bits per heavy atom. The third kappa shape index (κ3) is 3.41. The molecule has 2 aromatic carbocycles. The van der Waals surface area contributed by atoms with Gasteiger partial charge in [0.1, 0.15) is 24.7 Å². The van der Waals surface area contributed by atoms with Crippen LogP contribution in [0.1, 0.15) is 5.56 Å². The molecule has 0 aliphatic carbocycles. The van der Waals surface area contributed by atoms with E-state index in [1.807, 2.05) is 42.5 Å². The Bertz CT molecular complexity index is 851. The largest absolute Gasteiger partial charge is 0.494 e. The van der Waals surface area contributed by atoms with E-state index in [1.165, 1.54) is 0 Å². The molecule has 2 aromatic rings. The minimum atomic E-state index is 0.575. The van der Waals surface area contributed by atoms with E-state index < -0.39 is 0 Å². The number of benzene rings is 2. The first kappa shape index (κ1) is 15.8. The van der Waals surface area contributed by atoms with E-state index in [1.54, 1.807) is 18.9 Å². The van der Waals surface area contributed by atoms with Crippen LogP contribution in [-0.2, 0) is 0 Å². The van der Waals surface area contributed by atoms with E-state index in [2.05, 4.69) is 15.5 Å². The lowest BCUT2D eigenvalue weighted by Crippen LogP contribution is -2.25. The van der Waals surface area contributed by atoms with Crippen molar-refractivity contribution in [3.8, 4) is 17.2 Å². The second-order valence-corrected chi connectivity index (χ2v) is 6.37. The maximum absolute atomic E-state index is 5.64. The summed E-state index contributed by atoms with van der Waals surface area (Å²) in [6.07, 6.45) is 0. The summed E-state index contributed by atoms with van der Waals surface area (Å²) in [6.45, 7) is 1.17. The molecule has 0 fully saturated rings. The zero-order valence-corrected chi connectivity index (χ0v) is 14.5. The first-order valence-electron chi connectivity index (χ1n) is 7.90. The second kappa shape index (κ2) is 7.06. The standard InChI is InChI=1S/C18H17N3O3S/c1-22-15-5-3-2-4-13(15)19-18-21-20-14(11-25-18)12-6-7-16-17(10-12)24-9-8-23-16/h2-7,10H,8-9,11H2,1H3,(H,19,21). The Kier molecular flexibility index (Phi) is 4.47. The Balaban J connectivity index is 1.53. The summed E-state index contributed by atoms with van der Waals surface area (Å²) in [5.41, 5.74) is 5.76. The van der Waals surface area contributed by atoms with Crippen LogP contribution < -0.4 is 19.6 Å². The molecule has 0 saturated carbocycles. The summed E-state index contributed by atoms with van der Waals surface area (Å²) in [7, 11) is 1.64. The zero-order valence-electron chi connectivity index (χ0n) is 13.7. The van der Waals surface area contributed by atoms with Gasteiger partial charge in [-0.3, -0.25) is 5.43 Å². The number of fused-ring (bicyclic) bond motifs is 1. The number of rotatable bonds is 3. The van der Waals surface area contributed by atoms with Crippen LogP contribution in [0.25, 0.3) is 0 Å². The van der Waals surface area contributed by atoms with E-state index in [0.717, 1.165) is 45.1 Å². The topological polar surface area (TPSA) is 64.4 Å². The van der Waals surface area contributed by atoms with Crippen molar-refractivity contribution in [1.29, 1.82) is 0 Å². The molecule has 0 spiro atoms. The van der Waals surface area contributed by atoms with Crippen molar-refractivity contribution in [2.45, 2.75) is 0 Å². The van der Waals surface area contributed by atoms with Gasteiger partial charge < -0.3 is 14.2 Å². The molecule has 0 atom stereocenters. The summed E-state index contributed by atoms with van der Waals surface area (Å²) >= 11 is 1.60. The maximum Gasteiger partial charge on any atom is 0.182 e. The third-order valence-corrected chi connectivity index (χ3v) is 4.69. The Morgan fingerprint density at radius 1 is 1.12 bits per heavy atom. The smallest absolute Gasteiger partial charge is 0.182 e. The monoisotopic (exact) mass is 355 g/mol. The van der Waals surface area contributed by atoms with Gasteiger partial charge in [0, 0.05) is 11.3 Å². The number of methoxy groups -OCH3 is 1. The fourth-order valence-electron chi connectivity index (χ4n) is 2.58. The molecule has 4 rings (SSSR count). The van der Waals surface area contributed by atoms with E-state index in [4.69, 9.17) is 14.2 Å². The predicted octanol–water partition coefficient (Wildman–Crippen LogP) is 3.19. The number of thioether (sulfide) groups is 1. The van der Waals surface area contributed by atoms with Crippen LogP contribution in [0.5, 0.6) is 17.2 Å². The number of para-hydroxylation sites is 2. The molecule has 2 aliphatic rings. The van der Waals surface area contributed by atoms with Crippen molar-refractivity contribution < 1.29 is 14.2 Å². The van der Waals surface area contributed by atoms with Crippen molar-refractivity contribution in [2.24, 2.45) is 10.1 Å². The van der Waals surface area contributed by atoms with Gasteiger partial charge in [-0.2, -0.15) is 5.10 Å². The lowest BCUT2D eigenvalue weighted by Gasteiger charge is -2.20. The van der Waals surface area contributed by atoms with Gasteiger partial charge in [-0.1, -0.05) is 23.9 Å². The summed E-state index contributed by atoms with van der Waals surface area (Å²) in [6, 6.07) is 13.5. The minimum Gasteiger partial charge on any atom is -0.494 e. The molecule has 0 amide bonds. The number of ether oxygens (including phenoxy) is 3. The number of nitrogens with zero attached hydrogens (tertiary/aromatic N) is 2. The van der Waals surface area contributed by atoms with Crippen molar-refractivity contribution in [3.05, 3.63) is 48.0 Å². The quantitative estimate of drug-likeness (QED) is 0.916. The highest BCUT2D eigenvalue weighted by atomic mass is 32.2. The maximum atomic E-state index is 5.64. The van der Waals surface area contributed by atoms with Crippen molar-refractivity contribution in [2.75, 3.05) is 26.1 Å². The van der Waals surface area contributed by atoms with Gasteiger partial charge in [-0.15, -0.1) is 0 Å². The number of nitrogens with one attached hydrogen (secondary N) is 1. The van der Waals surface area contributed by atoms with Crippen molar-refractivity contribution in [3.63, 3.8) is 0 Å². The first-order chi connectivity index (χ1) is 12.3. The van der Waals surface area contributed by atoms with E-state index in [9.17, 15) is 0 Å². The number of amidine groups is 1. The zero-order chi connectivity index (χ0) is 17.1. The highest BCUT2D eigenvalue weighted by molar-refractivity contribution is 8.14. The average Bonchev–Trinajstić information content (AvgIpc) is 2.68. The van der Waals surface area contributed by atoms with Gasteiger partial charge in [0.2, 0.25) is 0 Å². The van der Waals surface area contributed by atoms with Crippen LogP contribution in [0.4, 0.5) is 5.69 Å². The molecular weight excluding hydrogens is 338 g/mol. The van der Waals surface area contributed by atoms with E-state index >= 15 is 0 Å². The number of hydrogen-bond acceptors (Lipinski definition) is 6. The van der Waals surface area contributed by atoms with Crippen LogP contribution in [0.2, 0.25) is 0 Å². The molecule has 2 aliphatic heterocycles. The Labute approximate surface area is 149 Å². The molecule has 7 heteroatoms. The van der Waals surface area contributed by atoms with Gasteiger partial charge in [-0.25, -0.2) is 4.99 Å². The lowest BCUT2D eigenvalue weighted by molar-refractivity contribution is 0.171. The molecule has 1 N–H and O–H groups in total. The average molecular weight is 355 g/mol. The van der Waals surface area contributed by atoms with E-state index in [-0.39, 0.29) is 0 Å². The predicted molar refractivity (Wildman–Crippen MR) is 99.7 cm³/mol. The van der Waals surface area contributed by atoms with Crippen LogP contribution in [0.3, 0.4) is 0 Å². The van der Waals surface area contributed by atoms with E-state index in [0.29, 0.717) is 13.2 Å². The second-order valence-electron chi connectivity index (χ2n) is 5.41. The molecule has 0 unspecified atom stereocenters. The van der Waals surface area contributed by atoms with Crippen molar-refractivity contribution in [1.82, 2.24) is 5.43 Å². The highest BCUT2D eigenvalue weighted by Gasteiger charge is 2.17. The summed E-state index contributed by atoms with van der Waals surface area (Å²) in [5, 5.41) is 5.20. The minimum absolute atomic E-state index is 0.575. The molecule has 0 saturated heterocycles. The van der Waals surface area contributed by atoms with Gasteiger partial charge in [0.15, 0.2) is 16.7 Å². The number of aliphatic imine (C=N–C) groups is 1. The van der Waals surface area contributed by atoms with Gasteiger partial charge in [0.25, 0.3) is 0 Å². The third-order valence-electron chi connectivity index (χ3n) is 3.81. The number of hydrogen-bond donors (Lipinski definition) is 1. The lowest BCUT2D eigenvalue weighted by atomic mass is 10.1. The fraction of sp³-hybridized carbons (Fsp3) is 0.222. The van der Waals surface area contributed by atoms with Gasteiger partial charge in [-0.05, 0) is 30.3 Å². The molecule has 0 aromatic heterocycles. The van der Waals surface area contributed by atoms with Crippen LogP contribution in [0.15, 0.2) is 52.6 Å². The van der Waals surface area contributed by atoms with Gasteiger partial charge >= 0.3 is 0 Å². The van der Waals surface area contributed by atoms with Crippen LogP contribution in [-0.4, -0.2) is 37.0 Å². The molecule has 0 bridgehead atoms. The Hall–Kier alpha value is -2.67. The number of hydrazone groups is 1. The highest BCUT2D eigenvalue weighted by Crippen LogP contribution is 2.32. The summed E-state index contributed by atoms with van der Waals surface area (Å²) in [4.78, 5) is 4.58. The van der Waals surface area contributed by atoms with Gasteiger partial charge in [0.05, 0.1) is 12.8 Å². The van der Waals surface area contributed by atoms with Crippen LogP contribution in [0, 0.1) is 0 Å². The molecule has 2 heterocycles. The molecular formula is C18H17N3O3S.